The number of hydrogen-bond donors (Lipinski definition) is 0. The molecule has 3 heteroatoms. The van der Waals surface area contributed by atoms with Crippen molar-refractivity contribution in [3.8, 4) is 0 Å². The predicted molar refractivity (Wildman–Crippen MR) is 103 cm³/mol. The average Bonchev–Trinajstić information content (AvgIpc) is 3.34. The number of likely N-dealkylation sites (tertiary alicyclic amines) is 1. The van der Waals surface area contributed by atoms with Gasteiger partial charge in [-0.05, 0) is 49.1 Å². The topological polar surface area (TPSA) is 25.2 Å². The van der Waals surface area contributed by atoms with Crippen LogP contribution in [0.25, 0.3) is 10.9 Å². The summed E-state index contributed by atoms with van der Waals surface area (Å²) in [5.74, 6) is 1.68. The fourth-order valence-corrected chi connectivity index (χ4v) is 4.95. The molecule has 1 saturated carbocycles. The van der Waals surface area contributed by atoms with Gasteiger partial charge < -0.3 is 9.47 Å². The molecule has 2 heterocycles. The molecule has 4 rings (SSSR count). The Morgan fingerprint density at radius 3 is 2.88 bits per heavy atom. The number of carbonyl (C=O) groups excluding carboxylic acids is 1. The molecule has 1 saturated heterocycles. The molecular weight excluding hydrogens is 308 g/mol. The van der Waals surface area contributed by atoms with E-state index in [-0.39, 0.29) is 5.92 Å². The molecule has 25 heavy (non-hydrogen) atoms. The van der Waals surface area contributed by atoms with Crippen molar-refractivity contribution in [2.45, 2.75) is 57.9 Å². The fourth-order valence-electron chi connectivity index (χ4n) is 4.95. The Labute approximate surface area is 151 Å². The van der Waals surface area contributed by atoms with Crippen LogP contribution in [0.5, 0.6) is 0 Å². The fraction of sp³-hybridized carbons (Fsp3) is 0.591. The molecule has 0 bridgehead atoms. The number of para-hydroxylation sites is 1. The molecule has 0 N–H and O–H groups in total. The van der Waals surface area contributed by atoms with Gasteiger partial charge in [0.05, 0.1) is 0 Å². The highest BCUT2D eigenvalue weighted by molar-refractivity contribution is 5.89. The molecule has 0 spiro atoms. The first-order valence-electron chi connectivity index (χ1n) is 9.96. The molecule has 2 aromatic rings. The summed E-state index contributed by atoms with van der Waals surface area (Å²) < 4.78 is 2.20. The van der Waals surface area contributed by atoms with Gasteiger partial charge in [0, 0.05) is 42.7 Å². The van der Waals surface area contributed by atoms with Crippen molar-refractivity contribution in [1.82, 2.24) is 9.47 Å². The molecule has 4 unspecified atom stereocenters. The number of benzene rings is 1. The summed E-state index contributed by atoms with van der Waals surface area (Å²) in [6.07, 6.45) is 8.01. The van der Waals surface area contributed by atoms with Crippen molar-refractivity contribution < 1.29 is 4.79 Å². The Balaban J connectivity index is 1.54. The maximum atomic E-state index is 13.2. The normalized spacial score (nSPS) is 29.2. The van der Waals surface area contributed by atoms with Crippen molar-refractivity contribution in [2.75, 3.05) is 6.54 Å². The summed E-state index contributed by atoms with van der Waals surface area (Å²) in [7, 11) is 2.11. The number of aryl methyl sites for hydroxylation is 1. The molecule has 1 amide bonds. The molecule has 1 aliphatic carbocycles. The molecule has 1 aromatic carbocycles. The smallest absolute Gasteiger partial charge is 0.226 e. The number of nitrogens with zero attached hydrogens (tertiary/aromatic N) is 2. The van der Waals surface area contributed by atoms with Gasteiger partial charge in [-0.2, -0.15) is 0 Å². The van der Waals surface area contributed by atoms with Crippen molar-refractivity contribution >= 4 is 16.8 Å². The summed E-state index contributed by atoms with van der Waals surface area (Å²) >= 11 is 0. The van der Waals surface area contributed by atoms with Gasteiger partial charge in [-0.1, -0.05) is 38.5 Å². The van der Waals surface area contributed by atoms with Gasteiger partial charge >= 0.3 is 0 Å². The number of fused-ring (bicyclic) bond motifs is 1. The first-order valence-corrected chi connectivity index (χ1v) is 9.96. The summed E-state index contributed by atoms with van der Waals surface area (Å²) in [4.78, 5) is 15.5. The molecule has 1 aliphatic heterocycles. The second-order valence-electron chi connectivity index (χ2n) is 8.17. The number of rotatable bonds is 4. The van der Waals surface area contributed by atoms with Crippen LogP contribution in [-0.2, 0) is 11.8 Å². The first-order chi connectivity index (χ1) is 12.1. The third-order valence-electron chi connectivity index (χ3n) is 6.42. The van der Waals surface area contributed by atoms with Gasteiger partial charge in [0.25, 0.3) is 0 Å². The van der Waals surface area contributed by atoms with E-state index in [2.05, 4.69) is 60.8 Å². The molecule has 4 atom stereocenters. The van der Waals surface area contributed by atoms with Crippen LogP contribution >= 0.6 is 0 Å². The Hall–Kier alpha value is -1.77. The monoisotopic (exact) mass is 338 g/mol. The highest BCUT2D eigenvalue weighted by Gasteiger charge is 2.48. The van der Waals surface area contributed by atoms with Crippen LogP contribution in [-0.4, -0.2) is 28.0 Å². The van der Waals surface area contributed by atoms with E-state index < -0.39 is 0 Å². The molecule has 0 radical (unpaired) electrons. The summed E-state index contributed by atoms with van der Waals surface area (Å²) in [5, 5.41) is 1.32. The van der Waals surface area contributed by atoms with Crippen LogP contribution in [0.2, 0.25) is 0 Å². The predicted octanol–water partition coefficient (Wildman–Crippen LogP) is 4.71. The molecule has 2 fully saturated rings. The lowest BCUT2D eigenvalue weighted by atomic mass is 9.87. The summed E-state index contributed by atoms with van der Waals surface area (Å²) in [6, 6.07) is 9.02. The quantitative estimate of drug-likeness (QED) is 0.792. The molecule has 3 nitrogen and oxygen atoms in total. The Kier molecular flexibility index (Phi) is 4.35. The number of hydrogen-bond acceptors (Lipinski definition) is 1. The van der Waals surface area contributed by atoms with Crippen LogP contribution in [0.15, 0.2) is 30.5 Å². The standard InChI is InChI=1S/C22H30N2O/c1-4-8-20-15(2)9-7-12-24(20)22(25)18-13-17(18)19-14-23(3)21-11-6-5-10-16(19)21/h5-6,10-11,14-15,17-18,20H,4,7-9,12-13H2,1-3H3. The van der Waals surface area contributed by atoms with E-state index in [0.29, 0.717) is 23.8 Å². The lowest BCUT2D eigenvalue weighted by Gasteiger charge is -2.40. The second kappa shape index (κ2) is 6.51. The van der Waals surface area contributed by atoms with Crippen LogP contribution in [0.3, 0.4) is 0 Å². The van der Waals surface area contributed by atoms with Crippen LogP contribution in [0, 0.1) is 11.8 Å². The van der Waals surface area contributed by atoms with Crippen molar-refractivity contribution in [1.29, 1.82) is 0 Å². The third kappa shape index (κ3) is 2.88. The van der Waals surface area contributed by atoms with Crippen LogP contribution in [0.1, 0.15) is 57.4 Å². The third-order valence-corrected chi connectivity index (χ3v) is 6.42. The maximum absolute atomic E-state index is 13.2. The second-order valence-corrected chi connectivity index (χ2v) is 8.17. The number of carbonyl (C=O) groups is 1. The molecular formula is C22H30N2O. The number of aromatic nitrogens is 1. The van der Waals surface area contributed by atoms with Crippen LogP contribution in [0.4, 0.5) is 0 Å². The van der Waals surface area contributed by atoms with E-state index in [1.165, 1.54) is 29.3 Å². The lowest BCUT2D eigenvalue weighted by Crippen LogP contribution is -2.48. The van der Waals surface area contributed by atoms with Gasteiger partial charge in [0.2, 0.25) is 5.91 Å². The number of amides is 1. The zero-order valence-electron chi connectivity index (χ0n) is 15.7. The average molecular weight is 338 g/mol. The first kappa shape index (κ1) is 16.7. The van der Waals surface area contributed by atoms with E-state index in [9.17, 15) is 4.79 Å². The molecule has 2 aliphatic rings. The lowest BCUT2D eigenvalue weighted by molar-refractivity contribution is -0.138. The minimum atomic E-state index is 0.204. The summed E-state index contributed by atoms with van der Waals surface area (Å²) in [5.41, 5.74) is 2.64. The minimum Gasteiger partial charge on any atom is -0.350 e. The number of piperidine rings is 1. The Morgan fingerprint density at radius 1 is 1.28 bits per heavy atom. The van der Waals surface area contributed by atoms with E-state index in [0.717, 1.165) is 25.8 Å². The van der Waals surface area contributed by atoms with Gasteiger partial charge in [0.15, 0.2) is 0 Å². The zero-order chi connectivity index (χ0) is 17.6. The van der Waals surface area contributed by atoms with E-state index in [4.69, 9.17) is 0 Å². The van der Waals surface area contributed by atoms with E-state index in [1.807, 2.05) is 0 Å². The van der Waals surface area contributed by atoms with Crippen molar-refractivity contribution in [3.05, 3.63) is 36.0 Å². The largest absolute Gasteiger partial charge is 0.350 e. The van der Waals surface area contributed by atoms with E-state index in [1.54, 1.807) is 0 Å². The minimum absolute atomic E-state index is 0.204. The Morgan fingerprint density at radius 2 is 2.08 bits per heavy atom. The zero-order valence-corrected chi connectivity index (χ0v) is 15.7. The highest BCUT2D eigenvalue weighted by atomic mass is 16.2. The summed E-state index contributed by atoms with van der Waals surface area (Å²) in [6.45, 7) is 5.53. The van der Waals surface area contributed by atoms with Crippen LogP contribution < -0.4 is 0 Å². The van der Waals surface area contributed by atoms with Crippen molar-refractivity contribution in [2.24, 2.45) is 18.9 Å². The van der Waals surface area contributed by atoms with E-state index >= 15 is 0 Å². The van der Waals surface area contributed by atoms with Crippen molar-refractivity contribution in [3.63, 3.8) is 0 Å². The van der Waals surface area contributed by atoms with Gasteiger partial charge in [-0.25, -0.2) is 0 Å². The molecule has 134 valence electrons. The molecule has 1 aromatic heterocycles. The van der Waals surface area contributed by atoms with Gasteiger partial charge in [0.1, 0.15) is 0 Å². The maximum Gasteiger partial charge on any atom is 0.226 e. The highest BCUT2D eigenvalue weighted by Crippen LogP contribution is 2.51. The van der Waals surface area contributed by atoms with Gasteiger partial charge in [-0.15, -0.1) is 0 Å². The Bertz CT molecular complexity index is 777. The van der Waals surface area contributed by atoms with Gasteiger partial charge in [-0.3, -0.25) is 4.79 Å². The SMILES string of the molecule is CCCC1C(C)CCCN1C(=O)C1CC1c1cn(C)c2ccccc12.